The maximum absolute atomic E-state index is 13.2. The third-order valence-corrected chi connectivity index (χ3v) is 7.01. The number of rotatable bonds is 7. The van der Waals surface area contributed by atoms with Gasteiger partial charge in [0.05, 0.1) is 18.3 Å². The number of nitrogens with zero attached hydrogens (tertiary/aromatic N) is 1. The normalized spacial score (nSPS) is 20.7. The maximum Gasteiger partial charge on any atom is 0.336 e. The number of carbonyl (C=O) groups is 2. The molecule has 4 rings (SSSR count). The molecular weight excluding hydrogens is 440 g/mol. The first-order valence-corrected chi connectivity index (χ1v) is 12.1. The Labute approximate surface area is 207 Å². The van der Waals surface area contributed by atoms with Crippen LogP contribution in [0, 0.1) is 0 Å². The van der Waals surface area contributed by atoms with Gasteiger partial charge in [-0.15, -0.1) is 0 Å². The highest BCUT2D eigenvalue weighted by Crippen LogP contribution is 2.33. The molecule has 0 aromatic heterocycles. The van der Waals surface area contributed by atoms with E-state index in [1.807, 2.05) is 32.9 Å². The molecule has 0 unspecified atom stereocenters. The molecule has 2 aliphatic heterocycles. The van der Waals surface area contributed by atoms with E-state index in [0.717, 1.165) is 19.5 Å². The van der Waals surface area contributed by atoms with Gasteiger partial charge in [-0.05, 0) is 31.9 Å². The molecule has 0 amide bonds. The monoisotopic (exact) mass is 474 g/mol. The third-order valence-electron chi connectivity index (χ3n) is 7.01. The third kappa shape index (κ3) is 5.65. The molecule has 1 saturated heterocycles. The van der Waals surface area contributed by atoms with Crippen LogP contribution in [0.1, 0.15) is 50.7 Å². The van der Waals surface area contributed by atoms with E-state index < -0.39 is 11.6 Å². The van der Waals surface area contributed by atoms with Gasteiger partial charge >= 0.3 is 11.9 Å². The summed E-state index contributed by atoms with van der Waals surface area (Å²) in [5.74, 6) is -0.575. The Balaban J connectivity index is 1.45. The molecule has 1 fully saturated rings. The fourth-order valence-corrected chi connectivity index (χ4v) is 5.03. The lowest BCUT2D eigenvalue weighted by Gasteiger charge is -2.29. The van der Waals surface area contributed by atoms with E-state index >= 15 is 0 Å². The van der Waals surface area contributed by atoms with Gasteiger partial charge in [0.25, 0.3) is 0 Å². The number of methoxy groups -OCH3 is 1. The minimum Gasteiger partial charge on any atom is -0.466 e. The van der Waals surface area contributed by atoms with Crippen LogP contribution in [-0.4, -0.2) is 49.2 Å². The molecule has 1 N–H and O–H groups in total. The van der Waals surface area contributed by atoms with E-state index in [-0.39, 0.29) is 18.3 Å². The molecule has 0 aliphatic carbocycles. The van der Waals surface area contributed by atoms with Gasteiger partial charge in [0.2, 0.25) is 0 Å². The Hall–Kier alpha value is -3.38. The zero-order valence-corrected chi connectivity index (χ0v) is 21.0. The Morgan fingerprint density at radius 3 is 2.03 bits per heavy atom. The summed E-state index contributed by atoms with van der Waals surface area (Å²) < 4.78 is 11.0. The lowest BCUT2D eigenvalue weighted by atomic mass is 9.91. The van der Waals surface area contributed by atoms with Gasteiger partial charge in [0.15, 0.2) is 0 Å². The predicted octanol–water partition coefficient (Wildman–Crippen LogP) is 4.54. The first kappa shape index (κ1) is 24.7. The highest BCUT2D eigenvalue weighted by molar-refractivity contribution is 5.96. The van der Waals surface area contributed by atoms with Crippen molar-refractivity contribution in [2.45, 2.75) is 45.1 Å². The number of dihydropyridines is 1. The minimum atomic E-state index is -0.593. The van der Waals surface area contributed by atoms with Gasteiger partial charge in [-0.2, -0.15) is 0 Å². The van der Waals surface area contributed by atoms with Crippen LogP contribution < -0.4 is 5.32 Å². The molecule has 2 aromatic rings. The summed E-state index contributed by atoms with van der Waals surface area (Å²) >= 11 is 0. The Kier molecular flexibility index (Phi) is 7.41. The molecule has 184 valence electrons. The molecule has 35 heavy (non-hydrogen) atoms. The Morgan fingerprint density at radius 2 is 1.49 bits per heavy atom. The quantitative estimate of drug-likeness (QED) is 0.595. The van der Waals surface area contributed by atoms with Crippen LogP contribution >= 0.6 is 0 Å². The topological polar surface area (TPSA) is 67.9 Å². The zero-order valence-electron chi connectivity index (χ0n) is 21.0. The van der Waals surface area contributed by atoms with Crippen LogP contribution in [0.2, 0.25) is 0 Å². The van der Waals surface area contributed by atoms with Crippen molar-refractivity contribution in [3.63, 3.8) is 0 Å². The average molecular weight is 475 g/mol. The SMILES string of the molecule is COC(=O)C1=C(C)NC(C)=C(C(=O)O[C@]2(C)CCN(CC(c3ccccc3)c3ccccc3)C2)C1. The number of hydrogen-bond donors (Lipinski definition) is 1. The van der Waals surface area contributed by atoms with E-state index in [9.17, 15) is 9.59 Å². The van der Waals surface area contributed by atoms with Crippen molar-refractivity contribution in [3.8, 4) is 0 Å². The van der Waals surface area contributed by atoms with Gasteiger partial charge in [-0.25, -0.2) is 9.59 Å². The van der Waals surface area contributed by atoms with E-state index in [1.165, 1.54) is 18.2 Å². The second-order valence-electron chi connectivity index (χ2n) is 9.70. The summed E-state index contributed by atoms with van der Waals surface area (Å²) in [6.45, 7) is 8.00. The summed E-state index contributed by atoms with van der Waals surface area (Å²) in [4.78, 5) is 27.7. The number of esters is 2. The molecular formula is C29H34N2O4. The lowest BCUT2D eigenvalue weighted by molar-refractivity contribution is -0.152. The molecule has 6 heteroatoms. The molecule has 0 radical (unpaired) electrons. The van der Waals surface area contributed by atoms with Gasteiger partial charge in [0.1, 0.15) is 5.60 Å². The summed E-state index contributed by atoms with van der Waals surface area (Å²) in [7, 11) is 1.35. The zero-order chi connectivity index (χ0) is 25.0. The van der Waals surface area contributed by atoms with Crippen LogP contribution in [0.4, 0.5) is 0 Å². The molecule has 2 heterocycles. The highest BCUT2D eigenvalue weighted by Gasteiger charge is 2.39. The summed E-state index contributed by atoms with van der Waals surface area (Å²) in [5, 5.41) is 3.13. The standard InChI is InChI=1S/C29H34N2O4/c1-20-24(27(32)34-4)17-25(21(2)30-20)28(33)35-29(3)15-16-31(19-29)18-26(22-11-7-5-8-12-22)23-13-9-6-10-14-23/h5-14,26,30H,15-19H2,1-4H3/t29-/m1/s1. The number of benzene rings is 2. The van der Waals surface area contributed by atoms with Crippen molar-refractivity contribution >= 4 is 11.9 Å². The Bertz CT molecular complexity index is 1100. The van der Waals surface area contributed by atoms with Crippen LogP contribution in [0.3, 0.4) is 0 Å². The summed E-state index contributed by atoms with van der Waals surface area (Å²) in [6, 6.07) is 21.1. The molecule has 1 atom stereocenters. The van der Waals surface area contributed by atoms with Crippen molar-refractivity contribution in [2.75, 3.05) is 26.7 Å². The highest BCUT2D eigenvalue weighted by atomic mass is 16.6. The van der Waals surface area contributed by atoms with E-state index in [0.29, 0.717) is 29.1 Å². The van der Waals surface area contributed by atoms with E-state index in [2.05, 4.69) is 58.7 Å². The van der Waals surface area contributed by atoms with Crippen LogP contribution in [0.15, 0.2) is 83.2 Å². The fourth-order valence-electron chi connectivity index (χ4n) is 5.03. The Morgan fingerprint density at radius 1 is 0.943 bits per heavy atom. The van der Waals surface area contributed by atoms with Crippen LogP contribution in [0.25, 0.3) is 0 Å². The average Bonchev–Trinajstić information content (AvgIpc) is 3.23. The van der Waals surface area contributed by atoms with Crippen molar-refractivity contribution in [1.29, 1.82) is 0 Å². The largest absolute Gasteiger partial charge is 0.466 e. The lowest BCUT2D eigenvalue weighted by Crippen LogP contribution is -2.38. The van der Waals surface area contributed by atoms with Crippen molar-refractivity contribution in [1.82, 2.24) is 10.2 Å². The summed E-state index contributed by atoms with van der Waals surface area (Å²) in [5.41, 5.74) is 4.30. The minimum absolute atomic E-state index is 0.208. The smallest absolute Gasteiger partial charge is 0.336 e. The summed E-state index contributed by atoms with van der Waals surface area (Å²) in [6.07, 6.45) is 0.966. The number of carbonyl (C=O) groups excluding carboxylic acids is 2. The maximum atomic E-state index is 13.2. The molecule has 0 saturated carbocycles. The van der Waals surface area contributed by atoms with Gasteiger partial charge in [-0.3, -0.25) is 4.90 Å². The number of nitrogens with one attached hydrogen (secondary N) is 1. The second kappa shape index (κ2) is 10.5. The number of ether oxygens (including phenoxy) is 2. The van der Waals surface area contributed by atoms with Gasteiger partial charge in [-0.1, -0.05) is 60.7 Å². The van der Waals surface area contributed by atoms with E-state index in [1.54, 1.807) is 0 Å². The molecule has 6 nitrogen and oxygen atoms in total. The second-order valence-corrected chi connectivity index (χ2v) is 9.70. The predicted molar refractivity (Wildman–Crippen MR) is 135 cm³/mol. The van der Waals surface area contributed by atoms with E-state index in [4.69, 9.17) is 9.47 Å². The molecule has 0 bridgehead atoms. The van der Waals surface area contributed by atoms with Crippen LogP contribution in [0.5, 0.6) is 0 Å². The first-order valence-electron chi connectivity index (χ1n) is 12.1. The molecule has 0 spiro atoms. The number of likely N-dealkylation sites (tertiary alicyclic amines) is 1. The number of allylic oxidation sites excluding steroid dienone is 2. The van der Waals surface area contributed by atoms with Crippen LogP contribution in [-0.2, 0) is 19.1 Å². The van der Waals surface area contributed by atoms with Gasteiger partial charge < -0.3 is 14.8 Å². The van der Waals surface area contributed by atoms with Crippen molar-refractivity contribution < 1.29 is 19.1 Å². The molecule has 2 aromatic carbocycles. The molecule has 2 aliphatic rings. The first-order chi connectivity index (χ1) is 16.8. The number of hydrogen-bond acceptors (Lipinski definition) is 6. The fraction of sp³-hybridized carbons (Fsp3) is 0.379. The van der Waals surface area contributed by atoms with Crippen molar-refractivity contribution in [3.05, 3.63) is 94.3 Å². The van der Waals surface area contributed by atoms with Gasteiger partial charge in [0, 0.05) is 49.8 Å². The van der Waals surface area contributed by atoms with Crippen molar-refractivity contribution in [2.24, 2.45) is 0 Å².